The zero-order valence-electron chi connectivity index (χ0n) is 12.8. The average molecular weight is 286 g/mol. The SMILES string of the molecule is CNC(Cc1ncnn1C(C)C)c1ccc2c(c1)CCO2. The molecule has 1 atom stereocenters. The van der Waals surface area contributed by atoms with Gasteiger partial charge in [0.1, 0.15) is 17.9 Å². The molecule has 5 nitrogen and oxygen atoms in total. The molecule has 1 N–H and O–H groups in total. The Morgan fingerprint density at radius 3 is 3.00 bits per heavy atom. The highest BCUT2D eigenvalue weighted by Crippen LogP contribution is 2.29. The fourth-order valence-corrected chi connectivity index (χ4v) is 2.84. The number of rotatable bonds is 5. The van der Waals surface area contributed by atoms with Crippen LogP contribution < -0.4 is 10.1 Å². The highest BCUT2D eigenvalue weighted by Gasteiger charge is 2.19. The van der Waals surface area contributed by atoms with E-state index in [1.165, 1.54) is 11.1 Å². The second-order valence-electron chi connectivity index (χ2n) is 5.73. The van der Waals surface area contributed by atoms with Crippen LogP contribution in [-0.4, -0.2) is 28.4 Å². The third-order valence-electron chi connectivity index (χ3n) is 3.99. The minimum atomic E-state index is 0.234. The van der Waals surface area contributed by atoms with Gasteiger partial charge in [-0.15, -0.1) is 0 Å². The Labute approximate surface area is 125 Å². The molecule has 1 aliphatic rings. The van der Waals surface area contributed by atoms with Crippen LogP contribution >= 0.6 is 0 Å². The second kappa shape index (κ2) is 5.85. The standard InChI is InChI=1S/C16H22N4O/c1-11(2)20-16(18-10-19-20)9-14(17-3)12-4-5-15-13(8-12)6-7-21-15/h4-5,8,10-11,14,17H,6-7,9H2,1-3H3. The summed E-state index contributed by atoms with van der Waals surface area (Å²) in [7, 11) is 1.99. The van der Waals surface area contributed by atoms with Gasteiger partial charge in [-0.05, 0) is 38.1 Å². The fraction of sp³-hybridized carbons (Fsp3) is 0.500. The molecule has 1 aromatic carbocycles. The number of fused-ring (bicyclic) bond motifs is 1. The van der Waals surface area contributed by atoms with Crippen LogP contribution in [0.4, 0.5) is 0 Å². The molecule has 3 rings (SSSR count). The van der Waals surface area contributed by atoms with Gasteiger partial charge in [0.15, 0.2) is 0 Å². The van der Waals surface area contributed by atoms with E-state index >= 15 is 0 Å². The summed E-state index contributed by atoms with van der Waals surface area (Å²) in [6.07, 6.45) is 3.47. The van der Waals surface area contributed by atoms with Gasteiger partial charge >= 0.3 is 0 Å². The predicted octanol–water partition coefficient (Wildman–Crippen LogP) is 2.30. The van der Waals surface area contributed by atoms with Gasteiger partial charge in [0.05, 0.1) is 6.61 Å². The van der Waals surface area contributed by atoms with Crippen molar-refractivity contribution in [2.75, 3.05) is 13.7 Å². The summed E-state index contributed by atoms with van der Waals surface area (Å²) in [6, 6.07) is 7.03. The van der Waals surface area contributed by atoms with Gasteiger partial charge in [-0.3, -0.25) is 0 Å². The minimum Gasteiger partial charge on any atom is -0.493 e. The lowest BCUT2D eigenvalue weighted by Crippen LogP contribution is -2.21. The smallest absolute Gasteiger partial charge is 0.138 e. The van der Waals surface area contributed by atoms with E-state index < -0.39 is 0 Å². The molecule has 1 unspecified atom stereocenters. The molecule has 2 aromatic rings. The molecule has 0 saturated heterocycles. The molecule has 2 heterocycles. The van der Waals surface area contributed by atoms with Crippen LogP contribution in [0.25, 0.3) is 0 Å². The summed E-state index contributed by atoms with van der Waals surface area (Å²) in [5.74, 6) is 2.04. The predicted molar refractivity (Wildman–Crippen MR) is 81.6 cm³/mol. The molecule has 0 spiro atoms. The van der Waals surface area contributed by atoms with Crippen LogP contribution in [-0.2, 0) is 12.8 Å². The third kappa shape index (κ3) is 2.78. The number of likely N-dealkylation sites (N-methyl/N-ethyl adjacent to an activating group) is 1. The summed E-state index contributed by atoms with van der Waals surface area (Å²) in [5, 5.41) is 7.70. The number of nitrogens with one attached hydrogen (secondary N) is 1. The van der Waals surface area contributed by atoms with Crippen molar-refractivity contribution in [3.63, 3.8) is 0 Å². The van der Waals surface area contributed by atoms with Gasteiger partial charge in [-0.2, -0.15) is 5.10 Å². The molecule has 5 heteroatoms. The Morgan fingerprint density at radius 1 is 1.38 bits per heavy atom. The summed E-state index contributed by atoms with van der Waals surface area (Å²) >= 11 is 0. The molecule has 0 bridgehead atoms. The molecule has 0 amide bonds. The topological polar surface area (TPSA) is 52.0 Å². The lowest BCUT2D eigenvalue weighted by molar-refractivity contribution is 0.356. The first-order chi connectivity index (χ1) is 10.2. The van der Waals surface area contributed by atoms with Crippen molar-refractivity contribution < 1.29 is 4.74 Å². The molecule has 21 heavy (non-hydrogen) atoms. The summed E-state index contributed by atoms with van der Waals surface area (Å²) < 4.78 is 7.56. The van der Waals surface area contributed by atoms with Crippen LogP contribution in [0.3, 0.4) is 0 Å². The molecular formula is C16H22N4O. The molecule has 0 fully saturated rings. The Balaban J connectivity index is 1.83. The van der Waals surface area contributed by atoms with Gasteiger partial charge in [-0.1, -0.05) is 12.1 Å². The fourth-order valence-electron chi connectivity index (χ4n) is 2.84. The first-order valence-electron chi connectivity index (χ1n) is 7.50. The summed E-state index contributed by atoms with van der Waals surface area (Å²) in [4.78, 5) is 4.41. The lowest BCUT2D eigenvalue weighted by atomic mass is 10.00. The van der Waals surface area contributed by atoms with E-state index in [2.05, 4.69) is 47.4 Å². The minimum absolute atomic E-state index is 0.234. The van der Waals surface area contributed by atoms with E-state index in [1.54, 1.807) is 6.33 Å². The molecule has 0 saturated carbocycles. The summed E-state index contributed by atoms with van der Waals surface area (Å²) in [6.45, 7) is 5.04. The average Bonchev–Trinajstić information content (AvgIpc) is 3.12. The van der Waals surface area contributed by atoms with Gasteiger partial charge in [0.2, 0.25) is 0 Å². The van der Waals surface area contributed by atoms with E-state index in [1.807, 2.05) is 11.7 Å². The maximum atomic E-state index is 5.58. The number of nitrogens with zero attached hydrogens (tertiary/aromatic N) is 3. The van der Waals surface area contributed by atoms with Crippen molar-refractivity contribution in [2.24, 2.45) is 0 Å². The molecular weight excluding hydrogens is 264 g/mol. The third-order valence-corrected chi connectivity index (χ3v) is 3.99. The normalized spacial score (nSPS) is 15.0. The first-order valence-corrected chi connectivity index (χ1v) is 7.50. The van der Waals surface area contributed by atoms with E-state index in [-0.39, 0.29) is 6.04 Å². The zero-order chi connectivity index (χ0) is 14.8. The lowest BCUT2D eigenvalue weighted by Gasteiger charge is -2.18. The van der Waals surface area contributed by atoms with Crippen molar-refractivity contribution in [1.29, 1.82) is 0 Å². The van der Waals surface area contributed by atoms with Gasteiger partial charge in [-0.25, -0.2) is 9.67 Å². The number of ether oxygens (including phenoxy) is 1. The quantitative estimate of drug-likeness (QED) is 0.916. The molecule has 1 aromatic heterocycles. The van der Waals surface area contributed by atoms with E-state index in [0.29, 0.717) is 6.04 Å². The maximum Gasteiger partial charge on any atom is 0.138 e. The van der Waals surface area contributed by atoms with Crippen molar-refractivity contribution in [3.05, 3.63) is 41.5 Å². The molecule has 0 aliphatic carbocycles. The van der Waals surface area contributed by atoms with E-state index in [9.17, 15) is 0 Å². The monoisotopic (exact) mass is 286 g/mol. The van der Waals surface area contributed by atoms with Crippen molar-refractivity contribution >= 4 is 0 Å². The molecule has 1 aliphatic heterocycles. The highest BCUT2D eigenvalue weighted by atomic mass is 16.5. The van der Waals surface area contributed by atoms with Crippen molar-refractivity contribution in [3.8, 4) is 5.75 Å². The number of hydrogen-bond donors (Lipinski definition) is 1. The first kappa shape index (κ1) is 14.1. The van der Waals surface area contributed by atoms with Crippen LogP contribution in [0.1, 0.15) is 42.9 Å². The highest BCUT2D eigenvalue weighted by molar-refractivity contribution is 5.41. The Morgan fingerprint density at radius 2 is 2.24 bits per heavy atom. The van der Waals surface area contributed by atoms with Gasteiger partial charge < -0.3 is 10.1 Å². The Bertz CT molecular complexity index is 620. The van der Waals surface area contributed by atoms with Crippen LogP contribution in [0.15, 0.2) is 24.5 Å². The number of aromatic nitrogens is 3. The van der Waals surface area contributed by atoms with Crippen LogP contribution in [0.5, 0.6) is 5.75 Å². The van der Waals surface area contributed by atoms with Crippen LogP contribution in [0.2, 0.25) is 0 Å². The van der Waals surface area contributed by atoms with Crippen molar-refractivity contribution in [2.45, 2.75) is 38.8 Å². The molecule has 0 radical (unpaired) electrons. The largest absolute Gasteiger partial charge is 0.493 e. The number of hydrogen-bond acceptors (Lipinski definition) is 4. The zero-order valence-corrected chi connectivity index (χ0v) is 12.8. The van der Waals surface area contributed by atoms with E-state index in [0.717, 1.165) is 31.0 Å². The van der Waals surface area contributed by atoms with E-state index in [4.69, 9.17) is 4.74 Å². The van der Waals surface area contributed by atoms with Gasteiger partial charge in [0, 0.05) is 24.9 Å². The van der Waals surface area contributed by atoms with Gasteiger partial charge in [0.25, 0.3) is 0 Å². The number of benzene rings is 1. The van der Waals surface area contributed by atoms with Crippen LogP contribution in [0, 0.1) is 0 Å². The second-order valence-corrected chi connectivity index (χ2v) is 5.73. The Hall–Kier alpha value is -1.88. The van der Waals surface area contributed by atoms with Crippen molar-refractivity contribution in [1.82, 2.24) is 20.1 Å². The molecule has 112 valence electrons. The Kier molecular flexibility index (Phi) is 3.92. The maximum absolute atomic E-state index is 5.58. The summed E-state index contributed by atoms with van der Waals surface area (Å²) in [5.41, 5.74) is 2.58.